The van der Waals surface area contributed by atoms with E-state index in [9.17, 15) is 18.0 Å². The van der Waals surface area contributed by atoms with Gasteiger partial charge in [0.1, 0.15) is 12.2 Å². The number of carbonyl (C=O) groups excluding carboxylic acids is 1. The SMILES string of the molecule is C[C@H](Cc1nncn1C)c1cccc(N2Cc3c(cc(Br)cc3C(F)(F)F)C2=O)c1. The van der Waals surface area contributed by atoms with Gasteiger partial charge in [0, 0.05) is 29.2 Å². The van der Waals surface area contributed by atoms with Crippen molar-refractivity contribution in [2.75, 3.05) is 4.90 Å². The van der Waals surface area contributed by atoms with Crippen molar-refractivity contribution in [2.45, 2.75) is 32.0 Å². The summed E-state index contributed by atoms with van der Waals surface area (Å²) in [6.07, 6.45) is -2.25. The second kappa shape index (κ2) is 7.54. The molecule has 156 valence electrons. The van der Waals surface area contributed by atoms with Crippen LogP contribution in [0.3, 0.4) is 0 Å². The van der Waals surface area contributed by atoms with Crippen molar-refractivity contribution in [3.63, 3.8) is 0 Å². The molecular formula is C21H18BrF3N4O. The Kier molecular flexibility index (Phi) is 5.17. The molecule has 1 atom stereocenters. The first-order chi connectivity index (χ1) is 14.1. The maximum Gasteiger partial charge on any atom is 0.416 e. The van der Waals surface area contributed by atoms with Crippen LogP contribution in [0.4, 0.5) is 18.9 Å². The van der Waals surface area contributed by atoms with Crippen LogP contribution in [0.25, 0.3) is 0 Å². The zero-order valence-electron chi connectivity index (χ0n) is 16.2. The number of alkyl halides is 3. The average molecular weight is 479 g/mol. The van der Waals surface area contributed by atoms with Gasteiger partial charge in [-0.2, -0.15) is 13.2 Å². The molecule has 1 aromatic heterocycles. The van der Waals surface area contributed by atoms with Crippen molar-refractivity contribution in [1.29, 1.82) is 0 Å². The van der Waals surface area contributed by atoms with Crippen LogP contribution in [0.15, 0.2) is 47.2 Å². The molecule has 0 saturated carbocycles. The molecule has 1 aliphatic rings. The normalized spacial score (nSPS) is 14.9. The Morgan fingerprint density at radius 1 is 1.23 bits per heavy atom. The van der Waals surface area contributed by atoms with E-state index in [1.54, 1.807) is 12.4 Å². The molecule has 0 radical (unpaired) electrons. The van der Waals surface area contributed by atoms with Gasteiger partial charge >= 0.3 is 6.18 Å². The van der Waals surface area contributed by atoms with Crippen LogP contribution in [0.1, 0.15) is 45.7 Å². The molecule has 2 heterocycles. The number of aromatic nitrogens is 3. The number of hydrogen-bond acceptors (Lipinski definition) is 3. The molecule has 5 nitrogen and oxygen atoms in total. The third kappa shape index (κ3) is 3.74. The number of anilines is 1. The summed E-state index contributed by atoms with van der Waals surface area (Å²) in [4.78, 5) is 14.3. The highest BCUT2D eigenvalue weighted by Gasteiger charge is 2.40. The van der Waals surface area contributed by atoms with E-state index in [-0.39, 0.29) is 28.1 Å². The van der Waals surface area contributed by atoms with Crippen molar-refractivity contribution in [2.24, 2.45) is 7.05 Å². The van der Waals surface area contributed by atoms with Crippen LogP contribution in [0, 0.1) is 0 Å². The van der Waals surface area contributed by atoms with Crippen LogP contribution in [0.5, 0.6) is 0 Å². The number of benzene rings is 2. The molecule has 3 aromatic rings. The van der Waals surface area contributed by atoms with Gasteiger partial charge in [-0.25, -0.2) is 0 Å². The molecule has 0 fully saturated rings. The standard InChI is InChI=1S/C21H18BrF3N4O/c1-12(6-19-27-26-11-28(19)2)13-4-3-5-15(7-13)29-10-17-16(20(29)30)8-14(22)9-18(17)21(23,24)25/h3-5,7-9,11-12H,6,10H2,1-2H3/t12-/m1/s1. The number of aryl methyl sites for hydroxylation is 1. The fourth-order valence-electron chi connectivity index (χ4n) is 3.72. The maximum absolute atomic E-state index is 13.5. The van der Waals surface area contributed by atoms with Gasteiger partial charge in [-0.3, -0.25) is 4.79 Å². The molecule has 1 aliphatic heterocycles. The molecule has 0 bridgehead atoms. The van der Waals surface area contributed by atoms with E-state index in [1.165, 1.54) is 11.0 Å². The van der Waals surface area contributed by atoms with Gasteiger partial charge in [0.15, 0.2) is 0 Å². The lowest BCUT2D eigenvalue weighted by Crippen LogP contribution is -2.23. The highest BCUT2D eigenvalue weighted by atomic mass is 79.9. The van der Waals surface area contributed by atoms with E-state index in [1.807, 2.05) is 36.7 Å². The Bertz CT molecular complexity index is 1130. The monoisotopic (exact) mass is 478 g/mol. The molecule has 0 spiro atoms. The lowest BCUT2D eigenvalue weighted by molar-refractivity contribution is -0.138. The molecule has 1 amide bonds. The summed E-state index contributed by atoms with van der Waals surface area (Å²) in [7, 11) is 1.87. The van der Waals surface area contributed by atoms with Gasteiger partial charge in [-0.05, 0) is 41.3 Å². The molecule has 9 heteroatoms. The summed E-state index contributed by atoms with van der Waals surface area (Å²) in [6.45, 7) is 1.92. The zero-order valence-corrected chi connectivity index (χ0v) is 17.8. The molecule has 0 aliphatic carbocycles. The molecule has 30 heavy (non-hydrogen) atoms. The zero-order chi connectivity index (χ0) is 21.6. The minimum atomic E-state index is -4.53. The van der Waals surface area contributed by atoms with E-state index < -0.39 is 17.6 Å². The second-order valence-electron chi connectivity index (χ2n) is 7.43. The Labute approximate surface area is 179 Å². The predicted octanol–water partition coefficient (Wildman–Crippen LogP) is 5.10. The van der Waals surface area contributed by atoms with E-state index in [4.69, 9.17) is 0 Å². The van der Waals surface area contributed by atoms with E-state index >= 15 is 0 Å². The lowest BCUT2D eigenvalue weighted by Gasteiger charge is -2.19. The number of nitrogens with zero attached hydrogens (tertiary/aromatic N) is 4. The highest BCUT2D eigenvalue weighted by molar-refractivity contribution is 9.10. The van der Waals surface area contributed by atoms with Crippen LogP contribution in [-0.4, -0.2) is 20.7 Å². The Hall–Kier alpha value is -2.68. The van der Waals surface area contributed by atoms with Crippen LogP contribution in [0.2, 0.25) is 0 Å². The molecule has 0 unspecified atom stereocenters. The summed E-state index contributed by atoms with van der Waals surface area (Å²) < 4.78 is 42.6. The fourth-order valence-corrected chi connectivity index (χ4v) is 4.18. The predicted molar refractivity (Wildman–Crippen MR) is 109 cm³/mol. The van der Waals surface area contributed by atoms with E-state index in [0.29, 0.717) is 12.1 Å². The molecule has 2 aromatic carbocycles. The van der Waals surface area contributed by atoms with Crippen molar-refractivity contribution >= 4 is 27.5 Å². The lowest BCUT2D eigenvalue weighted by atomic mass is 9.97. The van der Waals surface area contributed by atoms with Gasteiger partial charge in [0.05, 0.1) is 12.1 Å². The molecular weight excluding hydrogens is 461 g/mol. The first-order valence-corrected chi connectivity index (χ1v) is 10.1. The Morgan fingerprint density at radius 3 is 2.67 bits per heavy atom. The van der Waals surface area contributed by atoms with Crippen molar-refractivity contribution < 1.29 is 18.0 Å². The largest absolute Gasteiger partial charge is 0.416 e. The van der Waals surface area contributed by atoms with Gasteiger partial charge < -0.3 is 9.47 Å². The topological polar surface area (TPSA) is 51.0 Å². The number of amides is 1. The third-order valence-corrected chi connectivity index (χ3v) is 5.81. The first kappa shape index (κ1) is 20.6. The minimum Gasteiger partial charge on any atom is -0.321 e. The molecule has 0 saturated heterocycles. The first-order valence-electron chi connectivity index (χ1n) is 9.29. The number of carbonyl (C=O) groups is 1. The van der Waals surface area contributed by atoms with E-state index in [0.717, 1.165) is 17.5 Å². The molecule has 0 N–H and O–H groups in total. The quantitative estimate of drug-likeness (QED) is 0.523. The smallest absolute Gasteiger partial charge is 0.321 e. The minimum absolute atomic E-state index is 0.00763. The number of halogens is 4. The summed E-state index contributed by atoms with van der Waals surface area (Å²) >= 11 is 3.09. The van der Waals surface area contributed by atoms with Crippen molar-refractivity contribution in [3.05, 3.63) is 75.3 Å². The van der Waals surface area contributed by atoms with Crippen LogP contribution < -0.4 is 4.90 Å². The van der Waals surface area contributed by atoms with Gasteiger partial charge in [-0.15, -0.1) is 10.2 Å². The second-order valence-corrected chi connectivity index (χ2v) is 8.34. The highest BCUT2D eigenvalue weighted by Crippen LogP contribution is 2.40. The van der Waals surface area contributed by atoms with Gasteiger partial charge in [0.2, 0.25) is 0 Å². The Morgan fingerprint density at radius 2 is 2.00 bits per heavy atom. The summed E-state index contributed by atoms with van der Waals surface area (Å²) in [5.74, 6) is 0.486. The summed E-state index contributed by atoms with van der Waals surface area (Å²) in [5.41, 5.74) is 0.844. The number of fused-ring (bicyclic) bond motifs is 1. The summed E-state index contributed by atoms with van der Waals surface area (Å²) in [5, 5.41) is 7.98. The van der Waals surface area contributed by atoms with Crippen molar-refractivity contribution in [3.8, 4) is 0 Å². The summed E-state index contributed by atoms with van der Waals surface area (Å²) in [6, 6.07) is 9.82. The van der Waals surface area contributed by atoms with Gasteiger partial charge in [-0.1, -0.05) is 35.0 Å². The fraction of sp³-hybridized carbons (Fsp3) is 0.286. The Balaban J connectivity index is 1.65. The van der Waals surface area contributed by atoms with Gasteiger partial charge in [0.25, 0.3) is 5.91 Å². The van der Waals surface area contributed by atoms with Crippen LogP contribution in [-0.2, 0) is 26.2 Å². The van der Waals surface area contributed by atoms with Crippen molar-refractivity contribution in [1.82, 2.24) is 14.8 Å². The average Bonchev–Trinajstić information content (AvgIpc) is 3.24. The van der Waals surface area contributed by atoms with Crippen LogP contribution >= 0.6 is 15.9 Å². The number of rotatable bonds is 4. The van der Waals surface area contributed by atoms with E-state index in [2.05, 4.69) is 26.1 Å². The number of hydrogen-bond donors (Lipinski definition) is 0. The molecule has 4 rings (SSSR count). The maximum atomic E-state index is 13.5. The third-order valence-electron chi connectivity index (χ3n) is 5.36.